The number of carbonyl (C=O) groups excluding carboxylic acids is 1. The Balaban J connectivity index is 2.28. The summed E-state index contributed by atoms with van der Waals surface area (Å²) >= 11 is 1.34. The summed E-state index contributed by atoms with van der Waals surface area (Å²) in [6.45, 7) is 2.22. The predicted octanol–water partition coefficient (Wildman–Crippen LogP) is 1.87. The van der Waals surface area contributed by atoms with Crippen molar-refractivity contribution < 1.29 is 14.7 Å². The van der Waals surface area contributed by atoms with Crippen LogP contribution in [0.15, 0.2) is 0 Å². The first-order valence-corrected chi connectivity index (χ1v) is 7.02. The number of rotatable bonds is 8. The fourth-order valence-corrected chi connectivity index (χ4v) is 2.13. The highest BCUT2D eigenvalue weighted by atomic mass is 32.1. The largest absolute Gasteiger partial charge is 0.481 e. The van der Waals surface area contributed by atoms with Gasteiger partial charge >= 0.3 is 12.0 Å². The van der Waals surface area contributed by atoms with Crippen molar-refractivity contribution in [2.24, 2.45) is 0 Å². The van der Waals surface area contributed by atoms with E-state index in [2.05, 4.69) is 27.8 Å². The molecule has 0 saturated carbocycles. The Hall–Kier alpha value is -1.70. The number of hydrogen-bond donors (Lipinski definition) is 3. The van der Waals surface area contributed by atoms with E-state index in [0.717, 1.165) is 30.7 Å². The summed E-state index contributed by atoms with van der Waals surface area (Å²) in [7, 11) is 0. The molecule has 0 atom stereocenters. The van der Waals surface area contributed by atoms with E-state index in [4.69, 9.17) is 5.11 Å². The second-order valence-corrected chi connectivity index (χ2v) is 5.04. The summed E-state index contributed by atoms with van der Waals surface area (Å²) < 4.78 is 0. The van der Waals surface area contributed by atoms with Gasteiger partial charge in [-0.15, -0.1) is 10.2 Å². The maximum absolute atomic E-state index is 11.4. The van der Waals surface area contributed by atoms with Gasteiger partial charge in [-0.1, -0.05) is 31.1 Å². The van der Waals surface area contributed by atoms with Crippen LogP contribution in [0, 0.1) is 0 Å². The van der Waals surface area contributed by atoms with E-state index >= 15 is 0 Å². The van der Waals surface area contributed by atoms with Gasteiger partial charge in [0.1, 0.15) is 5.01 Å². The number of amides is 2. The van der Waals surface area contributed by atoms with Gasteiger partial charge in [-0.25, -0.2) is 4.79 Å². The van der Waals surface area contributed by atoms with Crippen LogP contribution in [0.3, 0.4) is 0 Å². The summed E-state index contributed by atoms with van der Waals surface area (Å²) in [5.74, 6) is -0.950. The lowest BCUT2D eigenvalue weighted by molar-refractivity contribution is -0.136. The Morgan fingerprint density at radius 3 is 2.79 bits per heavy atom. The number of aromatic nitrogens is 2. The molecular weight excluding hydrogens is 268 g/mol. The van der Waals surface area contributed by atoms with Crippen molar-refractivity contribution in [2.45, 2.75) is 39.0 Å². The first-order valence-electron chi connectivity index (χ1n) is 6.21. The van der Waals surface area contributed by atoms with Crippen molar-refractivity contribution in [2.75, 3.05) is 11.9 Å². The smallest absolute Gasteiger partial charge is 0.321 e. The fraction of sp³-hybridized carbons (Fsp3) is 0.636. The maximum Gasteiger partial charge on any atom is 0.321 e. The number of urea groups is 1. The van der Waals surface area contributed by atoms with Crippen molar-refractivity contribution in [3.8, 4) is 0 Å². The molecule has 2 amide bonds. The van der Waals surface area contributed by atoms with Crippen LogP contribution in [-0.2, 0) is 11.2 Å². The highest BCUT2D eigenvalue weighted by molar-refractivity contribution is 7.15. The van der Waals surface area contributed by atoms with Crippen LogP contribution < -0.4 is 10.6 Å². The minimum absolute atomic E-state index is 0.0866. The van der Waals surface area contributed by atoms with Gasteiger partial charge in [0.05, 0.1) is 6.42 Å². The molecule has 0 radical (unpaired) electrons. The molecule has 19 heavy (non-hydrogen) atoms. The molecule has 0 fully saturated rings. The Bertz CT molecular complexity index is 422. The number of aryl methyl sites for hydroxylation is 1. The molecule has 0 bridgehead atoms. The van der Waals surface area contributed by atoms with Gasteiger partial charge in [-0.2, -0.15) is 0 Å². The molecule has 106 valence electrons. The number of unbranched alkanes of at least 4 members (excludes halogenated alkanes) is 2. The van der Waals surface area contributed by atoms with Gasteiger partial charge in [0.25, 0.3) is 0 Å². The quantitative estimate of drug-likeness (QED) is 0.633. The highest BCUT2D eigenvalue weighted by Crippen LogP contribution is 2.17. The van der Waals surface area contributed by atoms with E-state index in [1.807, 2.05) is 0 Å². The van der Waals surface area contributed by atoms with Crippen molar-refractivity contribution in [1.82, 2.24) is 15.5 Å². The third-order valence-corrected chi connectivity index (χ3v) is 3.20. The maximum atomic E-state index is 11.4. The van der Waals surface area contributed by atoms with Crippen molar-refractivity contribution in [1.29, 1.82) is 0 Å². The van der Waals surface area contributed by atoms with Crippen molar-refractivity contribution in [3.63, 3.8) is 0 Å². The summed E-state index contributed by atoms with van der Waals surface area (Å²) in [5, 5.41) is 22.6. The zero-order valence-electron chi connectivity index (χ0n) is 10.8. The van der Waals surface area contributed by atoms with Crippen LogP contribution in [0.25, 0.3) is 0 Å². The lowest BCUT2D eigenvalue weighted by Crippen LogP contribution is -2.30. The van der Waals surface area contributed by atoms with Gasteiger partial charge in [0, 0.05) is 13.0 Å². The zero-order chi connectivity index (χ0) is 14.1. The normalized spacial score (nSPS) is 10.2. The second-order valence-electron chi connectivity index (χ2n) is 3.98. The summed E-state index contributed by atoms with van der Waals surface area (Å²) in [6, 6.07) is -0.461. The van der Waals surface area contributed by atoms with Crippen LogP contribution in [0.4, 0.5) is 9.93 Å². The number of carbonyl (C=O) groups is 2. The first-order chi connectivity index (χ1) is 9.11. The van der Waals surface area contributed by atoms with E-state index in [-0.39, 0.29) is 13.0 Å². The van der Waals surface area contributed by atoms with Crippen LogP contribution in [-0.4, -0.2) is 33.8 Å². The second kappa shape index (κ2) is 8.41. The van der Waals surface area contributed by atoms with Gasteiger partial charge in [-0.3, -0.25) is 10.1 Å². The average molecular weight is 286 g/mol. The molecule has 0 aromatic carbocycles. The molecular formula is C11H18N4O3S. The Labute approximate surface area is 115 Å². The number of carboxylic acids is 1. The van der Waals surface area contributed by atoms with Gasteiger partial charge in [0.15, 0.2) is 0 Å². The third-order valence-electron chi connectivity index (χ3n) is 2.31. The van der Waals surface area contributed by atoms with Crippen molar-refractivity contribution >= 4 is 28.5 Å². The molecule has 0 unspecified atom stereocenters. The predicted molar refractivity (Wildman–Crippen MR) is 72.4 cm³/mol. The van der Waals surface area contributed by atoms with Crippen LogP contribution in [0.2, 0.25) is 0 Å². The molecule has 0 aliphatic rings. The third kappa shape index (κ3) is 6.70. The lowest BCUT2D eigenvalue weighted by atomic mass is 10.2. The fourth-order valence-electron chi connectivity index (χ4n) is 1.36. The molecule has 1 rings (SSSR count). The minimum atomic E-state index is -0.950. The molecule has 0 aliphatic carbocycles. The lowest BCUT2D eigenvalue weighted by Gasteiger charge is -2.02. The minimum Gasteiger partial charge on any atom is -0.481 e. The monoisotopic (exact) mass is 286 g/mol. The van der Waals surface area contributed by atoms with Gasteiger partial charge in [0.2, 0.25) is 5.13 Å². The van der Waals surface area contributed by atoms with E-state index in [1.54, 1.807) is 0 Å². The molecule has 1 aromatic rings. The summed E-state index contributed by atoms with van der Waals surface area (Å²) in [5.41, 5.74) is 0. The Kier molecular flexibility index (Phi) is 6.80. The van der Waals surface area contributed by atoms with Gasteiger partial charge < -0.3 is 10.4 Å². The number of anilines is 1. The SMILES string of the molecule is CCCCCc1nnc(NC(=O)NCCC(=O)O)s1. The molecule has 0 spiro atoms. The average Bonchev–Trinajstić information content (AvgIpc) is 2.76. The standard InChI is InChI=1S/C11H18N4O3S/c1-2-3-4-5-8-14-15-11(19-8)13-10(18)12-7-6-9(16)17/h2-7H2,1H3,(H,16,17)(H2,12,13,15,18). The number of aliphatic carboxylic acids is 1. The summed E-state index contributed by atoms with van der Waals surface area (Å²) in [6.07, 6.45) is 4.13. The molecule has 0 aliphatic heterocycles. The van der Waals surface area contributed by atoms with E-state index in [0.29, 0.717) is 5.13 Å². The van der Waals surface area contributed by atoms with Crippen molar-refractivity contribution in [3.05, 3.63) is 5.01 Å². The van der Waals surface area contributed by atoms with E-state index in [9.17, 15) is 9.59 Å². The first kappa shape index (κ1) is 15.4. The van der Waals surface area contributed by atoms with Crippen LogP contribution in [0.1, 0.15) is 37.6 Å². The molecule has 1 aromatic heterocycles. The summed E-state index contributed by atoms with van der Waals surface area (Å²) in [4.78, 5) is 21.7. The molecule has 7 nitrogen and oxygen atoms in total. The van der Waals surface area contributed by atoms with Crippen LogP contribution >= 0.6 is 11.3 Å². The Morgan fingerprint density at radius 2 is 2.11 bits per heavy atom. The highest BCUT2D eigenvalue weighted by Gasteiger charge is 2.08. The number of nitrogens with zero attached hydrogens (tertiary/aromatic N) is 2. The molecule has 3 N–H and O–H groups in total. The molecule has 8 heteroatoms. The van der Waals surface area contributed by atoms with E-state index < -0.39 is 12.0 Å². The zero-order valence-corrected chi connectivity index (χ0v) is 11.6. The topological polar surface area (TPSA) is 104 Å². The van der Waals surface area contributed by atoms with Gasteiger partial charge in [-0.05, 0) is 6.42 Å². The van der Waals surface area contributed by atoms with E-state index in [1.165, 1.54) is 11.3 Å². The molecule has 0 saturated heterocycles. The number of nitrogens with one attached hydrogen (secondary N) is 2. The van der Waals surface area contributed by atoms with Crippen LogP contribution in [0.5, 0.6) is 0 Å². The molecule has 1 heterocycles. The number of hydrogen-bond acceptors (Lipinski definition) is 5. The Morgan fingerprint density at radius 1 is 1.32 bits per heavy atom. The number of carboxylic acid groups (broad SMARTS) is 1.